The first-order valence-corrected chi connectivity index (χ1v) is 9.17. The second-order valence-corrected chi connectivity index (χ2v) is 7.22. The molecule has 0 radical (unpaired) electrons. The van der Waals surface area contributed by atoms with E-state index >= 15 is 0 Å². The van der Waals surface area contributed by atoms with Gasteiger partial charge in [-0.05, 0) is 25.1 Å². The summed E-state index contributed by atoms with van der Waals surface area (Å²) in [5.74, 6) is 0.441. The molecule has 3 rings (SSSR count). The molecular weight excluding hydrogens is 421 g/mol. The van der Waals surface area contributed by atoms with Crippen LogP contribution in [-0.4, -0.2) is 23.0 Å². The maximum atomic E-state index is 11.8. The Hall–Kier alpha value is -2.61. The van der Waals surface area contributed by atoms with Crippen LogP contribution in [0, 0.1) is 0 Å². The van der Waals surface area contributed by atoms with E-state index in [4.69, 9.17) is 50.6 Å². The van der Waals surface area contributed by atoms with Crippen LogP contribution in [0.3, 0.4) is 0 Å². The summed E-state index contributed by atoms with van der Waals surface area (Å²) in [5.41, 5.74) is 6.83. The number of carbonyl (C=O) groups is 1. The van der Waals surface area contributed by atoms with Crippen molar-refractivity contribution in [3.05, 3.63) is 52.1 Å². The van der Waals surface area contributed by atoms with E-state index in [-0.39, 0.29) is 10.6 Å². The van der Waals surface area contributed by atoms with Crippen LogP contribution in [0.2, 0.25) is 10.0 Å². The second-order valence-electron chi connectivity index (χ2n) is 5.79. The normalized spacial score (nSPS) is 10.6. The lowest BCUT2D eigenvalue weighted by Crippen LogP contribution is -2.12. The molecule has 144 valence electrons. The van der Waals surface area contributed by atoms with E-state index < -0.39 is 5.91 Å². The lowest BCUT2D eigenvalue weighted by molar-refractivity contribution is 0.0997. The van der Waals surface area contributed by atoms with Gasteiger partial charge in [-0.15, -0.1) is 0 Å². The fourth-order valence-corrected chi connectivity index (χ4v) is 3.12. The van der Waals surface area contributed by atoms with Gasteiger partial charge in [0.15, 0.2) is 5.75 Å². The van der Waals surface area contributed by atoms with E-state index in [1.165, 1.54) is 19.4 Å². The van der Waals surface area contributed by atoms with Crippen LogP contribution >= 0.6 is 35.4 Å². The zero-order chi connectivity index (χ0) is 20.4. The Bertz CT molecular complexity index is 1110. The van der Waals surface area contributed by atoms with Crippen molar-refractivity contribution in [1.82, 2.24) is 4.98 Å². The summed E-state index contributed by atoms with van der Waals surface area (Å²) in [6.45, 7) is 1.75. The maximum absolute atomic E-state index is 11.8. The highest BCUT2D eigenvalue weighted by molar-refractivity contribution is 7.80. The number of hydrogen-bond donors (Lipinski definition) is 2. The molecule has 3 N–H and O–H groups in total. The van der Waals surface area contributed by atoms with Crippen molar-refractivity contribution in [2.75, 3.05) is 12.4 Å². The van der Waals surface area contributed by atoms with Crippen molar-refractivity contribution in [3.8, 4) is 17.2 Å². The minimum Gasteiger partial charge on any atom is -0.496 e. The maximum Gasteiger partial charge on any atom is 0.252 e. The van der Waals surface area contributed by atoms with Gasteiger partial charge in [-0.25, -0.2) is 0 Å². The lowest BCUT2D eigenvalue weighted by atomic mass is 10.1. The number of ether oxygens (including phenoxy) is 2. The number of thiocarbonyl (C=S) groups is 1. The molecule has 6 nitrogen and oxygen atoms in total. The fraction of sp³-hybridized carbons (Fsp3) is 0.105. The quantitative estimate of drug-likeness (QED) is 0.535. The average molecular weight is 436 g/mol. The standard InChI is InChI=1S/C19H15Cl2N3O3S/c1-9(28)24-15-4-3-10(5-13(15)20)27-18-11-6-12(19(22)25)17(26-2)7-16(11)23-8-14(18)21/h3-8H,1-2H3,(H2,22,25)(H,24,28). The third-order valence-electron chi connectivity index (χ3n) is 3.83. The van der Waals surface area contributed by atoms with Gasteiger partial charge in [-0.2, -0.15) is 0 Å². The molecule has 0 bridgehead atoms. The molecule has 2 aromatic carbocycles. The van der Waals surface area contributed by atoms with E-state index in [0.29, 0.717) is 43.8 Å². The number of halogens is 2. The Kier molecular flexibility index (Phi) is 5.88. The first kappa shape index (κ1) is 20.1. The number of fused-ring (bicyclic) bond motifs is 1. The molecule has 0 unspecified atom stereocenters. The van der Waals surface area contributed by atoms with Gasteiger partial charge in [0.1, 0.15) is 16.5 Å². The van der Waals surface area contributed by atoms with Crippen LogP contribution in [0.25, 0.3) is 10.9 Å². The molecule has 3 aromatic rings. The van der Waals surface area contributed by atoms with E-state index in [0.717, 1.165) is 0 Å². The number of primary amides is 1. The van der Waals surface area contributed by atoms with Crippen LogP contribution in [0.5, 0.6) is 17.2 Å². The predicted molar refractivity (Wildman–Crippen MR) is 115 cm³/mol. The minimum absolute atomic E-state index is 0.193. The number of nitrogens with zero attached hydrogens (tertiary/aromatic N) is 1. The third kappa shape index (κ3) is 4.11. The third-order valence-corrected chi connectivity index (χ3v) is 4.52. The summed E-state index contributed by atoms with van der Waals surface area (Å²) in [4.78, 5) is 16.6. The van der Waals surface area contributed by atoms with Crippen LogP contribution in [-0.2, 0) is 0 Å². The Morgan fingerprint density at radius 3 is 2.57 bits per heavy atom. The molecule has 0 aliphatic heterocycles. The van der Waals surface area contributed by atoms with Crippen molar-refractivity contribution < 1.29 is 14.3 Å². The number of carbonyl (C=O) groups excluding carboxylic acids is 1. The molecule has 1 amide bonds. The highest BCUT2D eigenvalue weighted by Gasteiger charge is 2.17. The zero-order valence-corrected chi connectivity index (χ0v) is 17.2. The van der Waals surface area contributed by atoms with Crippen molar-refractivity contribution >= 4 is 62.9 Å². The monoisotopic (exact) mass is 435 g/mol. The summed E-state index contributed by atoms with van der Waals surface area (Å²) in [7, 11) is 1.44. The highest BCUT2D eigenvalue weighted by Crippen LogP contribution is 2.39. The van der Waals surface area contributed by atoms with Crippen molar-refractivity contribution in [2.24, 2.45) is 5.73 Å². The van der Waals surface area contributed by atoms with Crippen LogP contribution in [0.4, 0.5) is 5.69 Å². The predicted octanol–water partition coefficient (Wildman–Crippen LogP) is 5.20. The first-order chi connectivity index (χ1) is 13.3. The van der Waals surface area contributed by atoms with E-state index in [1.54, 1.807) is 31.2 Å². The van der Waals surface area contributed by atoms with Gasteiger partial charge >= 0.3 is 0 Å². The molecule has 1 aromatic heterocycles. The van der Waals surface area contributed by atoms with Crippen LogP contribution in [0.1, 0.15) is 17.3 Å². The summed E-state index contributed by atoms with van der Waals surface area (Å²) in [6.07, 6.45) is 1.45. The van der Waals surface area contributed by atoms with Crippen LogP contribution < -0.4 is 20.5 Å². The van der Waals surface area contributed by atoms with Gasteiger partial charge in [-0.1, -0.05) is 35.4 Å². The van der Waals surface area contributed by atoms with E-state index in [9.17, 15) is 4.79 Å². The average Bonchev–Trinajstić information content (AvgIpc) is 2.64. The number of rotatable bonds is 5. The molecule has 0 aliphatic carbocycles. The number of benzene rings is 2. The number of aromatic nitrogens is 1. The number of nitrogens with one attached hydrogen (secondary N) is 1. The van der Waals surface area contributed by atoms with Crippen molar-refractivity contribution in [2.45, 2.75) is 6.92 Å². The van der Waals surface area contributed by atoms with Gasteiger partial charge in [0, 0.05) is 23.7 Å². The lowest BCUT2D eigenvalue weighted by Gasteiger charge is -2.14. The molecule has 1 heterocycles. The number of hydrogen-bond acceptors (Lipinski definition) is 5. The van der Waals surface area contributed by atoms with E-state index in [1.807, 2.05) is 0 Å². The number of methoxy groups -OCH3 is 1. The van der Waals surface area contributed by atoms with E-state index in [2.05, 4.69) is 10.3 Å². The molecule has 0 spiro atoms. The number of amides is 1. The molecule has 0 fully saturated rings. The molecular formula is C19H15Cl2N3O3S. The van der Waals surface area contributed by atoms with Gasteiger partial charge in [0.2, 0.25) is 0 Å². The molecule has 9 heteroatoms. The molecule has 0 saturated carbocycles. The van der Waals surface area contributed by atoms with Crippen molar-refractivity contribution in [3.63, 3.8) is 0 Å². The van der Waals surface area contributed by atoms with Crippen molar-refractivity contribution in [1.29, 1.82) is 0 Å². The largest absolute Gasteiger partial charge is 0.496 e. The first-order valence-electron chi connectivity index (χ1n) is 8.01. The fourth-order valence-electron chi connectivity index (χ4n) is 2.60. The van der Waals surface area contributed by atoms with Gasteiger partial charge in [-0.3, -0.25) is 9.78 Å². The Morgan fingerprint density at radius 2 is 1.96 bits per heavy atom. The molecule has 0 atom stereocenters. The van der Waals surface area contributed by atoms with Gasteiger partial charge in [0.25, 0.3) is 5.91 Å². The van der Waals surface area contributed by atoms with Gasteiger partial charge < -0.3 is 20.5 Å². The van der Waals surface area contributed by atoms with Gasteiger partial charge in [0.05, 0.1) is 33.9 Å². The SMILES string of the molecule is COc1cc2ncc(Cl)c(Oc3ccc(NC(C)=S)c(Cl)c3)c2cc1C(N)=O. The summed E-state index contributed by atoms with van der Waals surface area (Å²) >= 11 is 17.6. The number of nitrogens with two attached hydrogens (primary N) is 1. The highest BCUT2D eigenvalue weighted by atomic mass is 35.5. The number of pyridine rings is 1. The minimum atomic E-state index is -0.640. The summed E-state index contributed by atoms with van der Waals surface area (Å²) in [5, 5.41) is 4.18. The summed E-state index contributed by atoms with van der Waals surface area (Å²) in [6, 6.07) is 8.22. The molecule has 28 heavy (non-hydrogen) atoms. The molecule has 0 saturated heterocycles. The smallest absolute Gasteiger partial charge is 0.252 e. The Labute approximate surface area is 176 Å². The molecule has 0 aliphatic rings. The summed E-state index contributed by atoms with van der Waals surface area (Å²) < 4.78 is 11.2. The zero-order valence-electron chi connectivity index (χ0n) is 14.9. The second kappa shape index (κ2) is 8.18. The Morgan fingerprint density at radius 1 is 1.21 bits per heavy atom. The van der Waals surface area contributed by atoms with Crippen LogP contribution in [0.15, 0.2) is 36.5 Å². The Balaban J connectivity index is 2.08. The number of anilines is 1. The topological polar surface area (TPSA) is 86.5 Å².